The van der Waals surface area contributed by atoms with Crippen molar-refractivity contribution in [3.05, 3.63) is 40.7 Å². The van der Waals surface area contributed by atoms with Gasteiger partial charge in [-0.1, -0.05) is 0 Å². The van der Waals surface area contributed by atoms with Gasteiger partial charge < -0.3 is 9.73 Å². The average molecular weight is 250 g/mol. The zero-order chi connectivity index (χ0) is 12.1. The van der Waals surface area contributed by atoms with Crippen molar-refractivity contribution < 1.29 is 4.42 Å². The van der Waals surface area contributed by atoms with Gasteiger partial charge in [0, 0.05) is 23.9 Å². The first kappa shape index (κ1) is 12.3. The highest BCUT2D eigenvalue weighted by Gasteiger charge is 2.11. The third-order valence-corrected chi connectivity index (χ3v) is 3.44. The van der Waals surface area contributed by atoms with E-state index in [4.69, 9.17) is 4.42 Å². The molecule has 2 aromatic heterocycles. The summed E-state index contributed by atoms with van der Waals surface area (Å²) < 4.78 is 5.32. The molecule has 0 saturated heterocycles. The highest BCUT2D eigenvalue weighted by atomic mass is 32.1. The fourth-order valence-electron chi connectivity index (χ4n) is 1.84. The van der Waals surface area contributed by atoms with Gasteiger partial charge >= 0.3 is 0 Å². The van der Waals surface area contributed by atoms with Crippen molar-refractivity contribution in [2.45, 2.75) is 38.8 Å². The summed E-state index contributed by atoms with van der Waals surface area (Å²) in [5.74, 6) is 1.06. The molecule has 0 fully saturated rings. The highest BCUT2D eigenvalue weighted by molar-refractivity contribution is 7.07. The summed E-state index contributed by atoms with van der Waals surface area (Å²) in [7, 11) is 0. The summed E-state index contributed by atoms with van der Waals surface area (Å²) in [5, 5.41) is 5.64. The average Bonchev–Trinajstić information content (AvgIpc) is 2.99. The normalized spacial score (nSPS) is 14.7. The number of furan rings is 1. The Morgan fingerprint density at radius 2 is 2.35 bits per heavy atom. The van der Waals surface area contributed by atoms with Crippen molar-refractivity contribution in [3.63, 3.8) is 0 Å². The van der Waals surface area contributed by atoms with Gasteiger partial charge in [-0.15, -0.1) is 11.3 Å². The maximum atomic E-state index is 5.32. The summed E-state index contributed by atoms with van der Waals surface area (Å²) in [6.45, 7) is 4.35. The summed E-state index contributed by atoms with van der Waals surface area (Å²) >= 11 is 1.64. The maximum absolute atomic E-state index is 5.32. The van der Waals surface area contributed by atoms with E-state index in [0.29, 0.717) is 12.1 Å². The lowest BCUT2D eigenvalue weighted by Crippen LogP contribution is -2.29. The van der Waals surface area contributed by atoms with E-state index in [2.05, 4.69) is 29.5 Å². The Bertz CT molecular complexity index is 411. The summed E-state index contributed by atoms with van der Waals surface area (Å²) in [5.41, 5.74) is 3.00. The fraction of sp³-hybridized carbons (Fsp3) is 0.462. The van der Waals surface area contributed by atoms with Crippen LogP contribution in [0.3, 0.4) is 0 Å². The molecule has 2 heterocycles. The van der Waals surface area contributed by atoms with E-state index in [-0.39, 0.29) is 0 Å². The van der Waals surface area contributed by atoms with E-state index in [0.717, 1.165) is 24.3 Å². The zero-order valence-corrected chi connectivity index (χ0v) is 11.0. The van der Waals surface area contributed by atoms with Gasteiger partial charge in [0.1, 0.15) is 5.76 Å². The van der Waals surface area contributed by atoms with E-state index in [9.17, 15) is 0 Å². The van der Waals surface area contributed by atoms with E-state index in [1.807, 2.05) is 17.6 Å². The number of nitrogens with one attached hydrogen (secondary N) is 1. The number of aryl methyl sites for hydroxylation is 1. The predicted octanol–water partition coefficient (Wildman–Crippen LogP) is 3.41. The van der Waals surface area contributed by atoms with Crippen molar-refractivity contribution >= 4 is 11.3 Å². The van der Waals surface area contributed by atoms with E-state index in [1.165, 1.54) is 0 Å². The quantitative estimate of drug-likeness (QED) is 0.853. The van der Waals surface area contributed by atoms with Crippen LogP contribution in [-0.4, -0.2) is 11.0 Å². The van der Waals surface area contributed by atoms with Gasteiger partial charge in [0.2, 0.25) is 0 Å². The van der Waals surface area contributed by atoms with Gasteiger partial charge in [-0.2, -0.15) is 0 Å². The van der Waals surface area contributed by atoms with Crippen LogP contribution in [0.25, 0.3) is 0 Å². The van der Waals surface area contributed by atoms with Gasteiger partial charge in [-0.3, -0.25) is 0 Å². The Morgan fingerprint density at radius 1 is 1.47 bits per heavy atom. The Kier molecular flexibility index (Phi) is 4.34. The van der Waals surface area contributed by atoms with Gasteiger partial charge in [-0.25, -0.2) is 4.98 Å². The molecule has 92 valence electrons. The monoisotopic (exact) mass is 250 g/mol. The molecule has 17 heavy (non-hydrogen) atoms. The number of rotatable bonds is 6. The van der Waals surface area contributed by atoms with Crippen LogP contribution in [0.15, 0.2) is 33.7 Å². The largest absolute Gasteiger partial charge is 0.469 e. The van der Waals surface area contributed by atoms with Gasteiger partial charge in [0.25, 0.3) is 0 Å². The molecule has 2 rings (SSSR count). The molecule has 0 bridgehead atoms. The van der Waals surface area contributed by atoms with Crippen LogP contribution in [0.5, 0.6) is 0 Å². The van der Waals surface area contributed by atoms with Crippen LogP contribution in [0.2, 0.25) is 0 Å². The second kappa shape index (κ2) is 5.98. The Balaban J connectivity index is 1.75. The van der Waals surface area contributed by atoms with Crippen molar-refractivity contribution in [3.8, 4) is 0 Å². The molecule has 0 saturated carbocycles. The molecule has 0 spiro atoms. The van der Waals surface area contributed by atoms with Crippen LogP contribution >= 0.6 is 11.3 Å². The Morgan fingerprint density at radius 3 is 3.00 bits per heavy atom. The molecule has 3 nitrogen and oxygen atoms in total. The number of hydrogen-bond donors (Lipinski definition) is 1. The second-order valence-corrected chi connectivity index (χ2v) is 5.04. The van der Waals surface area contributed by atoms with Gasteiger partial charge in [0.05, 0.1) is 17.5 Å². The minimum absolute atomic E-state index is 0.313. The van der Waals surface area contributed by atoms with Crippen molar-refractivity contribution in [1.82, 2.24) is 10.3 Å². The third kappa shape index (κ3) is 3.68. The molecule has 0 radical (unpaired) electrons. The lowest BCUT2D eigenvalue weighted by Gasteiger charge is -2.18. The van der Waals surface area contributed by atoms with Gasteiger partial charge in [-0.05, 0) is 32.4 Å². The van der Waals surface area contributed by atoms with Crippen molar-refractivity contribution in [2.24, 2.45) is 0 Å². The van der Waals surface area contributed by atoms with Crippen LogP contribution in [0.4, 0.5) is 0 Å². The predicted molar refractivity (Wildman–Crippen MR) is 70.2 cm³/mol. The molecular formula is C13H18N2OS. The third-order valence-electron chi connectivity index (χ3n) is 2.83. The lowest BCUT2D eigenvalue weighted by molar-refractivity contribution is 0.427. The number of aromatic nitrogens is 1. The molecule has 2 atom stereocenters. The summed E-state index contributed by atoms with van der Waals surface area (Å²) in [6.07, 6.45) is 3.78. The van der Waals surface area contributed by atoms with Crippen LogP contribution in [0, 0.1) is 0 Å². The first-order chi connectivity index (χ1) is 8.25. The minimum Gasteiger partial charge on any atom is -0.469 e. The molecule has 4 heteroatoms. The molecule has 1 N–H and O–H groups in total. The SMILES string of the molecule is CC(CCc1ccco1)NC(C)c1cscn1. The van der Waals surface area contributed by atoms with Crippen molar-refractivity contribution in [1.29, 1.82) is 0 Å². The van der Waals surface area contributed by atoms with Gasteiger partial charge in [0.15, 0.2) is 0 Å². The number of nitrogens with zero attached hydrogens (tertiary/aromatic N) is 1. The van der Waals surface area contributed by atoms with E-state index >= 15 is 0 Å². The standard InChI is InChI=1S/C13H18N2OS/c1-10(5-6-12-4-3-7-16-12)15-11(2)13-8-17-9-14-13/h3-4,7-11,15H,5-6H2,1-2H3. The lowest BCUT2D eigenvalue weighted by atomic mass is 10.1. The molecule has 0 aromatic carbocycles. The molecular weight excluding hydrogens is 232 g/mol. The maximum Gasteiger partial charge on any atom is 0.103 e. The Labute approximate surface area is 106 Å². The molecule has 2 unspecified atom stereocenters. The van der Waals surface area contributed by atoms with Crippen LogP contribution < -0.4 is 5.32 Å². The van der Waals surface area contributed by atoms with Crippen LogP contribution in [0.1, 0.15) is 37.8 Å². The highest BCUT2D eigenvalue weighted by Crippen LogP contribution is 2.14. The van der Waals surface area contributed by atoms with Crippen molar-refractivity contribution in [2.75, 3.05) is 0 Å². The summed E-state index contributed by atoms with van der Waals surface area (Å²) in [6, 6.07) is 4.73. The molecule has 0 aliphatic carbocycles. The second-order valence-electron chi connectivity index (χ2n) is 4.32. The number of hydrogen-bond acceptors (Lipinski definition) is 4. The zero-order valence-electron chi connectivity index (χ0n) is 10.2. The number of thiazole rings is 1. The van der Waals surface area contributed by atoms with E-state index in [1.54, 1.807) is 17.6 Å². The first-order valence-corrected chi connectivity index (χ1v) is 6.86. The smallest absolute Gasteiger partial charge is 0.103 e. The summed E-state index contributed by atoms with van der Waals surface area (Å²) in [4.78, 5) is 4.32. The van der Waals surface area contributed by atoms with Crippen LogP contribution in [-0.2, 0) is 6.42 Å². The fourth-order valence-corrected chi connectivity index (χ4v) is 2.49. The molecule has 0 aliphatic heterocycles. The molecule has 0 amide bonds. The molecule has 2 aromatic rings. The minimum atomic E-state index is 0.313. The topological polar surface area (TPSA) is 38.1 Å². The van der Waals surface area contributed by atoms with E-state index < -0.39 is 0 Å². The molecule has 0 aliphatic rings. The first-order valence-electron chi connectivity index (χ1n) is 5.92. The Hall–Kier alpha value is -1.13.